The van der Waals surface area contributed by atoms with Gasteiger partial charge in [-0.15, -0.1) is 0 Å². The van der Waals surface area contributed by atoms with E-state index in [9.17, 15) is 14.4 Å². The Morgan fingerprint density at radius 2 is 1.64 bits per heavy atom. The minimum atomic E-state index is -1.14. The van der Waals surface area contributed by atoms with Gasteiger partial charge in [-0.25, -0.2) is 0 Å². The lowest BCUT2D eigenvalue weighted by Gasteiger charge is -2.34. The van der Waals surface area contributed by atoms with Crippen molar-refractivity contribution >= 4 is 17.8 Å². The van der Waals surface area contributed by atoms with E-state index >= 15 is 0 Å². The third kappa shape index (κ3) is 5.66. The molecule has 136 valence electrons. The molecule has 8 nitrogen and oxygen atoms in total. The van der Waals surface area contributed by atoms with Crippen LogP contribution in [-0.4, -0.2) is 72.6 Å². The first-order valence-corrected chi connectivity index (χ1v) is 8.04. The van der Waals surface area contributed by atoms with Gasteiger partial charge in [0.2, 0.25) is 11.8 Å². The molecule has 0 radical (unpaired) electrons. The first kappa shape index (κ1) is 18.6. The normalized spacial score (nSPS) is 14.1. The zero-order valence-corrected chi connectivity index (χ0v) is 14.1. The molecule has 0 atom stereocenters. The van der Waals surface area contributed by atoms with E-state index in [1.54, 1.807) is 24.1 Å². The maximum Gasteiger partial charge on any atom is 0.312 e. The number of ether oxygens (including phenoxy) is 2. The van der Waals surface area contributed by atoms with Crippen molar-refractivity contribution in [2.24, 2.45) is 0 Å². The molecule has 2 rings (SSSR count). The summed E-state index contributed by atoms with van der Waals surface area (Å²) < 4.78 is 10.7. The third-order valence-corrected chi connectivity index (χ3v) is 3.91. The molecular formula is C17H22N2O6. The molecule has 0 spiro atoms. The molecule has 2 amide bonds. The first-order chi connectivity index (χ1) is 12.0. The van der Waals surface area contributed by atoms with E-state index in [1.165, 1.54) is 4.90 Å². The van der Waals surface area contributed by atoms with Crippen molar-refractivity contribution < 1.29 is 29.0 Å². The van der Waals surface area contributed by atoms with Gasteiger partial charge in [0.05, 0.1) is 20.1 Å². The molecular weight excluding hydrogens is 328 g/mol. The molecule has 1 aromatic carbocycles. The number of nitrogens with zero attached hydrogens (tertiary/aromatic N) is 2. The molecule has 1 saturated heterocycles. The van der Waals surface area contributed by atoms with Crippen LogP contribution in [0.3, 0.4) is 0 Å². The predicted octanol–water partition coefficient (Wildman–Crippen LogP) is 0.610. The molecule has 1 fully saturated rings. The fourth-order valence-corrected chi connectivity index (χ4v) is 2.55. The van der Waals surface area contributed by atoms with Crippen molar-refractivity contribution in [2.75, 3.05) is 39.9 Å². The SMILES string of the molecule is COc1cccc(OCCC(=O)N2CCN(C(=O)CC(=O)O)CC2)c1. The highest BCUT2D eigenvalue weighted by molar-refractivity contribution is 5.93. The van der Waals surface area contributed by atoms with Crippen molar-refractivity contribution in [3.05, 3.63) is 24.3 Å². The van der Waals surface area contributed by atoms with Gasteiger partial charge in [-0.1, -0.05) is 6.07 Å². The van der Waals surface area contributed by atoms with Gasteiger partial charge in [-0.3, -0.25) is 14.4 Å². The Labute approximate surface area is 145 Å². The third-order valence-electron chi connectivity index (χ3n) is 3.91. The summed E-state index contributed by atoms with van der Waals surface area (Å²) in [6, 6.07) is 7.16. The number of benzene rings is 1. The molecule has 0 bridgehead atoms. The lowest BCUT2D eigenvalue weighted by atomic mass is 10.2. The van der Waals surface area contributed by atoms with Gasteiger partial charge in [0.15, 0.2) is 0 Å². The number of hydrogen-bond donors (Lipinski definition) is 1. The Morgan fingerprint density at radius 1 is 1.04 bits per heavy atom. The molecule has 0 unspecified atom stereocenters. The zero-order valence-electron chi connectivity index (χ0n) is 14.1. The summed E-state index contributed by atoms with van der Waals surface area (Å²) in [6.07, 6.45) is -0.275. The molecule has 1 aliphatic heterocycles. The second-order valence-corrected chi connectivity index (χ2v) is 5.61. The molecule has 1 aromatic rings. The van der Waals surface area contributed by atoms with Crippen LogP contribution in [0.1, 0.15) is 12.8 Å². The maximum atomic E-state index is 12.2. The molecule has 0 aromatic heterocycles. The summed E-state index contributed by atoms with van der Waals surface area (Å²) >= 11 is 0. The minimum absolute atomic E-state index is 0.0479. The molecule has 0 aliphatic carbocycles. The van der Waals surface area contributed by atoms with Gasteiger partial charge in [0, 0.05) is 32.2 Å². The van der Waals surface area contributed by atoms with Gasteiger partial charge in [0.1, 0.15) is 17.9 Å². The highest BCUT2D eigenvalue weighted by atomic mass is 16.5. The van der Waals surface area contributed by atoms with E-state index in [2.05, 4.69) is 0 Å². The van der Waals surface area contributed by atoms with Gasteiger partial charge in [0.25, 0.3) is 0 Å². The minimum Gasteiger partial charge on any atom is -0.497 e. The summed E-state index contributed by atoms with van der Waals surface area (Å²) in [7, 11) is 1.57. The number of hydrogen-bond acceptors (Lipinski definition) is 5. The summed E-state index contributed by atoms with van der Waals surface area (Å²) in [5.41, 5.74) is 0. The number of carboxylic acids is 1. The highest BCUT2D eigenvalue weighted by Crippen LogP contribution is 2.19. The smallest absolute Gasteiger partial charge is 0.312 e. The molecule has 1 heterocycles. The fraction of sp³-hybridized carbons (Fsp3) is 0.471. The van der Waals surface area contributed by atoms with E-state index in [0.29, 0.717) is 37.7 Å². The predicted molar refractivity (Wildman–Crippen MR) is 88.5 cm³/mol. The van der Waals surface area contributed by atoms with Crippen LogP contribution in [0.4, 0.5) is 0 Å². The lowest BCUT2D eigenvalue weighted by Crippen LogP contribution is -2.51. The molecule has 0 saturated carbocycles. The number of amides is 2. The number of carbonyl (C=O) groups is 3. The maximum absolute atomic E-state index is 12.2. The average Bonchev–Trinajstić information content (AvgIpc) is 2.61. The summed E-state index contributed by atoms with van der Waals surface area (Å²) in [5, 5.41) is 8.65. The van der Waals surface area contributed by atoms with Crippen molar-refractivity contribution in [1.29, 1.82) is 0 Å². The number of piperazine rings is 1. The Kier molecular flexibility index (Phi) is 6.62. The van der Waals surface area contributed by atoms with E-state index in [1.807, 2.05) is 12.1 Å². The van der Waals surface area contributed by atoms with Crippen LogP contribution in [0, 0.1) is 0 Å². The topological polar surface area (TPSA) is 96.4 Å². The second-order valence-electron chi connectivity index (χ2n) is 5.61. The monoisotopic (exact) mass is 350 g/mol. The number of rotatable bonds is 7. The first-order valence-electron chi connectivity index (χ1n) is 8.04. The standard InChI is InChI=1S/C17H22N2O6/c1-24-13-3-2-4-14(11-13)25-10-5-15(20)18-6-8-19(9-7-18)16(21)12-17(22)23/h2-4,11H,5-10,12H2,1H3,(H,22,23). The van der Waals surface area contributed by atoms with Crippen molar-refractivity contribution in [1.82, 2.24) is 9.80 Å². The molecule has 25 heavy (non-hydrogen) atoms. The Hall–Kier alpha value is -2.77. The Morgan fingerprint density at radius 3 is 2.24 bits per heavy atom. The quantitative estimate of drug-likeness (QED) is 0.724. The van der Waals surface area contributed by atoms with Crippen molar-refractivity contribution in [3.8, 4) is 11.5 Å². The van der Waals surface area contributed by atoms with Crippen molar-refractivity contribution in [3.63, 3.8) is 0 Å². The second kappa shape index (κ2) is 8.91. The van der Waals surface area contributed by atoms with Gasteiger partial charge < -0.3 is 24.4 Å². The largest absolute Gasteiger partial charge is 0.497 e. The number of carbonyl (C=O) groups excluding carboxylic acids is 2. The summed E-state index contributed by atoms with van der Waals surface area (Å²) in [4.78, 5) is 37.6. The van der Waals surface area contributed by atoms with Crippen LogP contribution in [0.15, 0.2) is 24.3 Å². The zero-order chi connectivity index (χ0) is 18.2. The number of carboxylic acid groups (broad SMARTS) is 1. The van der Waals surface area contributed by atoms with Crippen LogP contribution in [-0.2, 0) is 14.4 Å². The van der Waals surface area contributed by atoms with Crippen LogP contribution >= 0.6 is 0 Å². The molecule has 1 N–H and O–H groups in total. The number of aliphatic carboxylic acids is 1. The Balaban J connectivity index is 1.71. The van der Waals surface area contributed by atoms with E-state index in [0.717, 1.165) is 0 Å². The molecule has 8 heteroatoms. The van der Waals surface area contributed by atoms with Crippen molar-refractivity contribution in [2.45, 2.75) is 12.8 Å². The highest BCUT2D eigenvalue weighted by Gasteiger charge is 2.24. The lowest BCUT2D eigenvalue weighted by molar-refractivity contribution is -0.147. The average molecular weight is 350 g/mol. The van der Waals surface area contributed by atoms with E-state index in [4.69, 9.17) is 14.6 Å². The van der Waals surface area contributed by atoms with Crippen LogP contribution < -0.4 is 9.47 Å². The summed E-state index contributed by atoms with van der Waals surface area (Å²) in [5.74, 6) is -0.283. The van der Waals surface area contributed by atoms with Crippen LogP contribution in [0.5, 0.6) is 11.5 Å². The van der Waals surface area contributed by atoms with E-state index < -0.39 is 18.3 Å². The molecule has 1 aliphatic rings. The van der Waals surface area contributed by atoms with E-state index in [-0.39, 0.29) is 18.9 Å². The Bertz CT molecular complexity index is 625. The van der Waals surface area contributed by atoms with Gasteiger partial charge in [-0.2, -0.15) is 0 Å². The number of methoxy groups -OCH3 is 1. The van der Waals surface area contributed by atoms with Gasteiger partial charge in [-0.05, 0) is 12.1 Å². The fourth-order valence-electron chi connectivity index (χ4n) is 2.55. The van der Waals surface area contributed by atoms with Crippen LogP contribution in [0.2, 0.25) is 0 Å². The summed E-state index contributed by atoms with van der Waals surface area (Å²) in [6.45, 7) is 1.78. The van der Waals surface area contributed by atoms with Gasteiger partial charge >= 0.3 is 5.97 Å². The van der Waals surface area contributed by atoms with Crippen LogP contribution in [0.25, 0.3) is 0 Å².